The molecule has 1 aromatic heterocycles. The monoisotopic (exact) mass is 221 g/mol. The SMILES string of the molecule is COc1ccc2nc(C=C(C)O)sc2c1. The lowest BCUT2D eigenvalue weighted by atomic mass is 10.3. The smallest absolute Gasteiger partial charge is 0.120 e. The predicted octanol–water partition coefficient (Wildman–Crippen LogP) is 3.22. The molecule has 0 saturated heterocycles. The highest BCUT2D eigenvalue weighted by atomic mass is 32.1. The van der Waals surface area contributed by atoms with E-state index in [4.69, 9.17) is 9.84 Å². The van der Waals surface area contributed by atoms with Crippen molar-refractivity contribution in [1.82, 2.24) is 4.98 Å². The fourth-order valence-corrected chi connectivity index (χ4v) is 2.28. The van der Waals surface area contributed by atoms with Crippen molar-refractivity contribution in [3.05, 3.63) is 29.0 Å². The molecule has 2 rings (SSSR count). The van der Waals surface area contributed by atoms with Crippen molar-refractivity contribution in [2.45, 2.75) is 6.92 Å². The number of fused-ring (bicyclic) bond motifs is 1. The lowest BCUT2D eigenvalue weighted by Gasteiger charge is -1.96. The number of rotatable bonds is 2. The number of aliphatic hydroxyl groups is 1. The number of thiazole rings is 1. The zero-order valence-electron chi connectivity index (χ0n) is 8.52. The number of aromatic nitrogens is 1. The van der Waals surface area contributed by atoms with Crippen LogP contribution in [0.2, 0.25) is 0 Å². The molecular formula is C11H11NO2S. The summed E-state index contributed by atoms with van der Waals surface area (Å²) in [5.41, 5.74) is 0.924. The van der Waals surface area contributed by atoms with E-state index in [1.807, 2.05) is 18.2 Å². The van der Waals surface area contributed by atoms with Crippen LogP contribution >= 0.6 is 11.3 Å². The fraction of sp³-hybridized carbons (Fsp3) is 0.182. The van der Waals surface area contributed by atoms with Gasteiger partial charge >= 0.3 is 0 Å². The number of hydrogen-bond donors (Lipinski definition) is 1. The zero-order chi connectivity index (χ0) is 10.8. The minimum Gasteiger partial charge on any atom is -0.513 e. The topological polar surface area (TPSA) is 42.4 Å². The molecule has 1 heterocycles. The van der Waals surface area contributed by atoms with Crippen LogP contribution in [0.1, 0.15) is 11.9 Å². The summed E-state index contributed by atoms with van der Waals surface area (Å²) in [6.07, 6.45) is 1.65. The number of aliphatic hydroxyl groups excluding tert-OH is 1. The largest absolute Gasteiger partial charge is 0.513 e. The summed E-state index contributed by atoms with van der Waals surface area (Å²) in [6.45, 7) is 1.63. The van der Waals surface area contributed by atoms with Crippen LogP contribution in [0.25, 0.3) is 16.3 Å². The van der Waals surface area contributed by atoms with Gasteiger partial charge in [0.15, 0.2) is 0 Å². The summed E-state index contributed by atoms with van der Waals surface area (Å²) in [5.74, 6) is 1.09. The number of ether oxygens (including phenoxy) is 1. The molecule has 0 fully saturated rings. The lowest BCUT2D eigenvalue weighted by Crippen LogP contribution is -1.80. The van der Waals surface area contributed by atoms with Gasteiger partial charge in [0.2, 0.25) is 0 Å². The Morgan fingerprint density at radius 1 is 1.53 bits per heavy atom. The van der Waals surface area contributed by atoms with Crippen molar-refractivity contribution in [3.8, 4) is 5.75 Å². The number of nitrogens with zero attached hydrogens (tertiary/aromatic N) is 1. The fourth-order valence-electron chi connectivity index (χ4n) is 1.29. The third kappa shape index (κ3) is 2.10. The van der Waals surface area contributed by atoms with Crippen LogP contribution < -0.4 is 4.74 Å². The number of benzene rings is 1. The Hall–Kier alpha value is -1.55. The molecule has 0 bridgehead atoms. The standard InChI is InChI=1S/C11H11NO2S/c1-7(13)5-11-12-9-4-3-8(14-2)6-10(9)15-11/h3-6,13H,1-2H3. The second-order valence-electron chi connectivity index (χ2n) is 3.17. The van der Waals surface area contributed by atoms with E-state index in [9.17, 15) is 0 Å². The van der Waals surface area contributed by atoms with Gasteiger partial charge in [0, 0.05) is 6.08 Å². The van der Waals surface area contributed by atoms with Crippen molar-refractivity contribution < 1.29 is 9.84 Å². The van der Waals surface area contributed by atoms with Crippen molar-refractivity contribution in [3.63, 3.8) is 0 Å². The Kier molecular flexibility index (Phi) is 2.60. The minimum atomic E-state index is 0.265. The normalized spacial score (nSPS) is 12.0. The molecule has 1 aromatic carbocycles. The first-order valence-corrected chi connectivity index (χ1v) is 5.32. The van der Waals surface area contributed by atoms with Gasteiger partial charge in [-0.05, 0) is 25.1 Å². The summed E-state index contributed by atoms with van der Waals surface area (Å²) in [7, 11) is 1.64. The third-order valence-electron chi connectivity index (χ3n) is 1.94. The molecule has 0 amide bonds. The molecule has 1 N–H and O–H groups in total. The highest BCUT2D eigenvalue weighted by molar-refractivity contribution is 7.19. The Bertz CT molecular complexity index is 512. The molecule has 0 radical (unpaired) electrons. The molecule has 4 heteroatoms. The van der Waals surface area contributed by atoms with E-state index in [1.165, 1.54) is 11.3 Å². The van der Waals surface area contributed by atoms with Crippen LogP contribution in [0.5, 0.6) is 5.75 Å². The summed E-state index contributed by atoms with van der Waals surface area (Å²) >= 11 is 1.53. The van der Waals surface area contributed by atoms with Gasteiger partial charge in [-0.15, -0.1) is 11.3 Å². The van der Waals surface area contributed by atoms with E-state index >= 15 is 0 Å². The summed E-state index contributed by atoms with van der Waals surface area (Å²) in [5, 5.41) is 9.94. The molecule has 0 aliphatic carbocycles. The van der Waals surface area contributed by atoms with Crippen LogP contribution in [0.15, 0.2) is 24.0 Å². The number of allylic oxidation sites excluding steroid dienone is 1. The molecule has 0 aliphatic heterocycles. The molecular weight excluding hydrogens is 210 g/mol. The highest BCUT2D eigenvalue weighted by Crippen LogP contribution is 2.27. The maximum atomic E-state index is 9.13. The molecule has 2 aromatic rings. The average molecular weight is 221 g/mol. The summed E-state index contributed by atoms with van der Waals surface area (Å²) in [4.78, 5) is 4.35. The molecule has 0 saturated carbocycles. The molecule has 3 nitrogen and oxygen atoms in total. The third-order valence-corrected chi connectivity index (χ3v) is 2.91. The van der Waals surface area contributed by atoms with Gasteiger partial charge < -0.3 is 9.84 Å². The predicted molar refractivity (Wildman–Crippen MR) is 62.5 cm³/mol. The van der Waals surface area contributed by atoms with E-state index in [0.29, 0.717) is 0 Å². The Labute approximate surface area is 91.7 Å². The number of hydrogen-bond acceptors (Lipinski definition) is 4. The zero-order valence-corrected chi connectivity index (χ0v) is 9.34. The molecule has 15 heavy (non-hydrogen) atoms. The van der Waals surface area contributed by atoms with Gasteiger partial charge in [-0.2, -0.15) is 0 Å². The highest BCUT2D eigenvalue weighted by Gasteiger charge is 2.03. The quantitative estimate of drug-likeness (QED) is 0.792. The Morgan fingerprint density at radius 2 is 2.33 bits per heavy atom. The first kappa shape index (κ1) is 9.98. The van der Waals surface area contributed by atoms with Gasteiger partial charge in [0.05, 0.1) is 23.1 Å². The van der Waals surface area contributed by atoms with Crippen LogP contribution in [0, 0.1) is 0 Å². The minimum absolute atomic E-state index is 0.265. The maximum absolute atomic E-state index is 9.13. The Balaban J connectivity index is 2.51. The first-order chi connectivity index (χ1) is 7.19. The molecule has 78 valence electrons. The first-order valence-electron chi connectivity index (χ1n) is 4.51. The maximum Gasteiger partial charge on any atom is 0.120 e. The van der Waals surface area contributed by atoms with E-state index < -0.39 is 0 Å². The summed E-state index contributed by atoms with van der Waals surface area (Å²) in [6, 6.07) is 5.73. The van der Waals surface area contributed by atoms with Gasteiger partial charge in [0.25, 0.3) is 0 Å². The van der Waals surface area contributed by atoms with Crippen LogP contribution in [0.4, 0.5) is 0 Å². The molecule has 0 unspecified atom stereocenters. The van der Waals surface area contributed by atoms with E-state index in [-0.39, 0.29) is 5.76 Å². The lowest BCUT2D eigenvalue weighted by molar-refractivity contribution is 0.415. The number of methoxy groups -OCH3 is 1. The second-order valence-corrected chi connectivity index (χ2v) is 4.23. The van der Waals surface area contributed by atoms with E-state index in [0.717, 1.165) is 21.0 Å². The molecule has 0 aliphatic rings. The van der Waals surface area contributed by atoms with Crippen LogP contribution in [0.3, 0.4) is 0 Å². The van der Waals surface area contributed by atoms with E-state index in [2.05, 4.69) is 4.98 Å². The van der Waals surface area contributed by atoms with Gasteiger partial charge in [-0.3, -0.25) is 0 Å². The van der Waals surface area contributed by atoms with Gasteiger partial charge in [-0.25, -0.2) is 4.98 Å². The average Bonchev–Trinajstić information content (AvgIpc) is 2.57. The van der Waals surface area contributed by atoms with Crippen LogP contribution in [-0.2, 0) is 0 Å². The van der Waals surface area contributed by atoms with Crippen molar-refractivity contribution >= 4 is 27.6 Å². The Morgan fingerprint density at radius 3 is 3.00 bits per heavy atom. The summed E-state index contributed by atoms with van der Waals surface area (Å²) < 4.78 is 6.18. The van der Waals surface area contributed by atoms with Gasteiger partial charge in [-0.1, -0.05) is 0 Å². The van der Waals surface area contributed by atoms with Crippen LogP contribution in [-0.4, -0.2) is 17.2 Å². The second kappa shape index (κ2) is 3.90. The van der Waals surface area contributed by atoms with Gasteiger partial charge in [0.1, 0.15) is 10.8 Å². The van der Waals surface area contributed by atoms with Crippen molar-refractivity contribution in [2.75, 3.05) is 7.11 Å². The van der Waals surface area contributed by atoms with E-state index in [1.54, 1.807) is 20.1 Å². The van der Waals surface area contributed by atoms with Crippen molar-refractivity contribution in [2.24, 2.45) is 0 Å². The molecule has 0 spiro atoms. The molecule has 0 atom stereocenters. The van der Waals surface area contributed by atoms with Crippen molar-refractivity contribution in [1.29, 1.82) is 0 Å².